The van der Waals surface area contributed by atoms with Crippen LogP contribution in [0.25, 0.3) is 10.8 Å². The summed E-state index contributed by atoms with van der Waals surface area (Å²) in [4.78, 5) is 36.6. The number of ether oxygens (including phenoxy) is 1. The van der Waals surface area contributed by atoms with Gasteiger partial charge in [0.05, 0.1) is 12.1 Å². The number of hydrogen-bond donors (Lipinski definition) is 3. The fourth-order valence-corrected chi connectivity index (χ4v) is 4.09. The molecule has 3 atom stereocenters. The lowest BCUT2D eigenvalue weighted by Gasteiger charge is -2.22. The third kappa shape index (κ3) is 8.02. The molecule has 3 aromatic carbocycles. The zero-order valence-corrected chi connectivity index (χ0v) is 19.6. The van der Waals surface area contributed by atoms with Crippen molar-refractivity contribution in [2.24, 2.45) is 17.4 Å². The molecule has 35 heavy (non-hydrogen) atoms. The number of carbonyl (C=O) groups is 3. The summed E-state index contributed by atoms with van der Waals surface area (Å²) in [5, 5.41) is 12.8. The zero-order valence-electron chi connectivity index (χ0n) is 19.6. The van der Waals surface area contributed by atoms with Crippen LogP contribution >= 0.6 is 0 Å². The van der Waals surface area contributed by atoms with Crippen molar-refractivity contribution >= 4 is 28.4 Å². The van der Waals surface area contributed by atoms with Gasteiger partial charge in [0.15, 0.2) is 5.78 Å². The van der Waals surface area contributed by atoms with Crippen molar-refractivity contribution in [3.8, 4) is 0 Å². The number of esters is 1. The maximum absolute atomic E-state index is 13.0. The molecule has 7 heteroatoms. The van der Waals surface area contributed by atoms with Crippen LogP contribution in [0.3, 0.4) is 0 Å². The number of ketones is 1. The van der Waals surface area contributed by atoms with Crippen LogP contribution in [0.15, 0.2) is 72.8 Å². The molecule has 0 saturated carbocycles. The van der Waals surface area contributed by atoms with E-state index in [1.165, 1.54) is 0 Å². The quantitative estimate of drug-likeness (QED) is 0.323. The number of fused-ring (bicyclic) bond motifs is 1. The molecule has 1 unspecified atom stereocenters. The first-order chi connectivity index (χ1) is 16.8. The van der Waals surface area contributed by atoms with Crippen molar-refractivity contribution in [3.63, 3.8) is 0 Å². The van der Waals surface area contributed by atoms with Crippen molar-refractivity contribution < 1.29 is 24.2 Å². The number of amides is 1. The Morgan fingerprint density at radius 1 is 0.914 bits per heavy atom. The van der Waals surface area contributed by atoms with E-state index in [2.05, 4.69) is 0 Å². The highest BCUT2D eigenvalue weighted by molar-refractivity contribution is 5.90. The highest BCUT2D eigenvalue weighted by atomic mass is 16.5. The summed E-state index contributed by atoms with van der Waals surface area (Å²) in [6.45, 7) is 0.192. The molecule has 0 heterocycles. The predicted octanol–water partition coefficient (Wildman–Crippen LogP) is 3.57. The van der Waals surface area contributed by atoms with E-state index < -0.39 is 24.0 Å². The van der Waals surface area contributed by atoms with E-state index in [1.807, 2.05) is 66.7 Å². The molecule has 7 nitrogen and oxygen atoms in total. The first-order valence-corrected chi connectivity index (χ1v) is 11.8. The molecule has 3 aromatic rings. The Labute approximate surface area is 205 Å². The third-order valence-corrected chi connectivity index (χ3v) is 6.02. The third-order valence-electron chi connectivity index (χ3n) is 6.02. The van der Waals surface area contributed by atoms with Gasteiger partial charge >= 0.3 is 5.97 Å². The average molecular weight is 477 g/mol. The molecule has 0 saturated heterocycles. The summed E-state index contributed by atoms with van der Waals surface area (Å²) in [5.41, 5.74) is 13.0. The molecule has 0 fully saturated rings. The Bertz CT molecular complexity index is 1150. The second-order valence-corrected chi connectivity index (χ2v) is 8.77. The Hall–Kier alpha value is -3.55. The number of primary amides is 1. The van der Waals surface area contributed by atoms with Crippen molar-refractivity contribution in [3.05, 3.63) is 83.9 Å². The number of Topliss-reactive ketones (excluding diaryl/α,β-unsaturated/α-hetero) is 1. The number of rotatable bonds is 13. The Morgan fingerprint density at radius 3 is 2.31 bits per heavy atom. The van der Waals surface area contributed by atoms with E-state index >= 15 is 0 Å². The predicted molar refractivity (Wildman–Crippen MR) is 134 cm³/mol. The SMILES string of the molecule is NC(=O)C[C@H](CC(O)c1ccc2ccccc2c1)C(=O)[C@@H](N)CCCC(=O)OCc1ccccc1. The van der Waals surface area contributed by atoms with E-state index in [4.69, 9.17) is 16.2 Å². The molecule has 0 aliphatic rings. The average Bonchev–Trinajstić information content (AvgIpc) is 2.86. The lowest BCUT2D eigenvalue weighted by atomic mass is 9.86. The zero-order chi connectivity index (χ0) is 25.2. The van der Waals surface area contributed by atoms with Crippen LogP contribution in [0.5, 0.6) is 0 Å². The van der Waals surface area contributed by atoms with Crippen LogP contribution in [0.2, 0.25) is 0 Å². The lowest BCUT2D eigenvalue weighted by Crippen LogP contribution is -2.38. The molecular weight excluding hydrogens is 444 g/mol. The van der Waals surface area contributed by atoms with E-state index in [9.17, 15) is 19.5 Å². The minimum Gasteiger partial charge on any atom is -0.461 e. The Balaban J connectivity index is 1.52. The largest absolute Gasteiger partial charge is 0.461 e. The smallest absolute Gasteiger partial charge is 0.306 e. The van der Waals surface area contributed by atoms with E-state index in [0.29, 0.717) is 12.0 Å². The molecule has 5 N–H and O–H groups in total. The van der Waals surface area contributed by atoms with Gasteiger partial charge in [0.2, 0.25) is 5.91 Å². The van der Waals surface area contributed by atoms with Gasteiger partial charge < -0.3 is 21.3 Å². The van der Waals surface area contributed by atoms with Gasteiger partial charge in [0.25, 0.3) is 0 Å². The van der Waals surface area contributed by atoms with E-state index in [-0.39, 0.29) is 44.0 Å². The fourth-order valence-electron chi connectivity index (χ4n) is 4.09. The summed E-state index contributed by atoms with van der Waals surface area (Å²) < 4.78 is 5.24. The van der Waals surface area contributed by atoms with Crippen molar-refractivity contribution in [1.82, 2.24) is 0 Å². The van der Waals surface area contributed by atoms with Gasteiger partial charge in [-0.1, -0.05) is 66.7 Å². The van der Waals surface area contributed by atoms with Crippen LogP contribution < -0.4 is 11.5 Å². The first-order valence-electron chi connectivity index (χ1n) is 11.8. The van der Waals surface area contributed by atoms with Crippen LogP contribution in [0.1, 0.15) is 49.3 Å². The van der Waals surface area contributed by atoms with Gasteiger partial charge in [-0.3, -0.25) is 14.4 Å². The number of aliphatic hydroxyl groups excluding tert-OH is 1. The molecular formula is C28H32N2O5. The van der Waals surface area contributed by atoms with Crippen LogP contribution in [-0.4, -0.2) is 28.8 Å². The topological polar surface area (TPSA) is 133 Å². The fraction of sp³-hybridized carbons (Fsp3) is 0.321. The van der Waals surface area contributed by atoms with E-state index in [1.54, 1.807) is 6.07 Å². The Kier molecular flexibility index (Phi) is 9.52. The number of nitrogens with two attached hydrogens (primary N) is 2. The number of aliphatic hydroxyl groups is 1. The number of benzene rings is 3. The van der Waals surface area contributed by atoms with Gasteiger partial charge in [0, 0.05) is 18.8 Å². The number of hydrogen-bond acceptors (Lipinski definition) is 6. The standard InChI is InChI=1S/C28H32N2O5/c29-24(11-6-12-27(33)35-18-19-7-2-1-3-8-19)28(34)23(17-26(30)32)16-25(31)22-14-13-20-9-4-5-10-21(20)15-22/h1-5,7-10,13-15,23-25,31H,6,11-12,16-18,29H2,(H2,30,32)/t23-,24-,25?/m0/s1. The summed E-state index contributed by atoms with van der Waals surface area (Å²) >= 11 is 0. The van der Waals surface area contributed by atoms with Gasteiger partial charge in [0.1, 0.15) is 6.61 Å². The van der Waals surface area contributed by atoms with Crippen molar-refractivity contribution in [2.45, 2.75) is 50.9 Å². The molecule has 0 aromatic heterocycles. The van der Waals surface area contributed by atoms with Crippen LogP contribution in [0, 0.1) is 5.92 Å². The number of carbonyl (C=O) groups excluding carboxylic acids is 3. The molecule has 0 spiro atoms. The van der Waals surface area contributed by atoms with Gasteiger partial charge in [-0.05, 0) is 47.2 Å². The minimum absolute atomic E-state index is 0.0347. The molecule has 184 valence electrons. The van der Waals surface area contributed by atoms with Crippen LogP contribution in [0.4, 0.5) is 0 Å². The lowest BCUT2D eigenvalue weighted by molar-refractivity contribution is -0.145. The Morgan fingerprint density at radius 2 is 1.60 bits per heavy atom. The molecule has 0 radical (unpaired) electrons. The highest BCUT2D eigenvalue weighted by Gasteiger charge is 2.28. The summed E-state index contributed by atoms with van der Waals surface area (Å²) in [7, 11) is 0. The molecule has 0 aliphatic carbocycles. The monoisotopic (exact) mass is 476 g/mol. The van der Waals surface area contributed by atoms with Crippen molar-refractivity contribution in [2.75, 3.05) is 0 Å². The first kappa shape index (κ1) is 26.1. The maximum Gasteiger partial charge on any atom is 0.306 e. The van der Waals surface area contributed by atoms with Gasteiger partial charge in [-0.25, -0.2) is 0 Å². The van der Waals surface area contributed by atoms with Gasteiger partial charge in [-0.2, -0.15) is 0 Å². The van der Waals surface area contributed by atoms with E-state index in [0.717, 1.165) is 16.3 Å². The normalized spacial score (nSPS) is 13.7. The summed E-state index contributed by atoms with van der Waals surface area (Å²) in [6.07, 6.45) is -0.345. The summed E-state index contributed by atoms with van der Waals surface area (Å²) in [5.74, 6) is -2.16. The molecule has 0 bridgehead atoms. The second kappa shape index (κ2) is 12.8. The second-order valence-electron chi connectivity index (χ2n) is 8.77. The molecule has 0 aliphatic heterocycles. The highest BCUT2D eigenvalue weighted by Crippen LogP contribution is 2.27. The van der Waals surface area contributed by atoms with Crippen LogP contribution in [-0.2, 0) is 25.7 Å². The van der Waals surface area contributed by atoms with Crippen molar-refractivity contribution in [1.29, 1.82) is 0 Å². The molecule has 1 amide bonds. The summed E-state index contributed by atoms with van der Waals surface area (Å²) in [6, 6.07) is 21.8. The minimum atomic E-state index is -0.951. The van der Waals surface area contributed by atoms with Gasteiger partial charge in [-0.15, -0.1) is 0 Å². The maximum atomic E-state index is 13.0. The molecule has 3 rings (SSSR count).